The molecule has 3 rings (SSSR count). The van der Waals surface area contributed by atoms with E-state index < -0.39 is 0 Å². The Labute approximate surface area is 94.5 Å². The molecule has 16 heavy (non-hydrogen) atoms. The van der Waals surface area contributed by atoms with E-state index in [4.69, 9.17) is 0 Å². The van der Waals surface area contributed by atoms with Gasteiger partial charge in [0.25, 0.3) is 0 Å². The lowest BCUT2D eigenvalue weighted by atomic mass is 9.76. The molecule has 1 heterocycles. The van der Waals surface area contributed by atoms with Crippen LogP contribution in [-0.4, -0.2) is 17.6 Å². The van der Waals surface area contributed by atoms with Crippen LogP contribution in [0.4, 0.5) is 0 Å². The highest BCUT2D eigenvalue weighted by molar-refractivity contribution is 5.80. The van der Waals surface area contributed by atoms with Crippen LogP contribution in [0.25, 0.3) is 0 Å². The third kappa shape index (κ3) is 1.31. The maximum absolute atomic E-state index is 11.5. The van der Waals surface area contributed by atoms with Crippen LogP contribution < -0.4 is 5.32 Å². The Kier molecular flexibility index (Phi) is 1.96. The van der Waals surface area contributed by atoms with Crippen LogP contribution in [0.15, 0.2) is 24.3 Å². The smallest absolute Gasteiger partial charge is 0.223 e. The van der Waals surface area contributed by atoms with Crippen molar-refractivity contribution in [2.75, 3.05) is 6.54 Å². The summed E-state index contributed by atoms with van der Waals surface area (Å²) in [5.74, 6) is 0.712. The van der Waals surface area contributed by atoms with Crippen molar-refractivity contribution in [2.24, 2.45) is 5.92 Å². The first kappa shape index (κ1) is 9.70. The van der Waals surface area contributed by atoms with Gasteiger partial charge in [0.15, 0.2) is 0 Å². The summed E-state index contributed by atoms with van der Waals surface area (Å²) in [5, 5.41) is 12.3. The first-order chi connectivity index (χ1) is 7.70. The summed E-state index contributed by atoms with van der Waals surface area (Å²) in [6, 6.07) is 7.42. The minimum absolute atomic E-state index is 0.117. The van der Waals surface area contributed by atoms with Crippen molar-refractivity contribution in [3.63, 3.8) is 0 Å². The Hall–Kier alpha value is -1.51. The molecule has 1 amide bonds. The van der Waals surface area contributed by atoms with E-state index in [2.05, 4.69) is 5.32 Å². The molecule has 1 aliphatic heterocycles. The molecule has 84 valence electrons. The number of benzene rings is 1. The van der Waals surface area contributed by atoms with E-state index in [1.807, 2.05) is 12.1 Å². The molecule has 1 aliphatic carbocycles. The Bertz CT molecular complexity index is 426. The number of rotatable bonds is 1. The summed E-state index contributed by atoms with van der Waals surface area (Å²) >= 11 is 0. The minimum Gasteiger partial charge on any atom is -0.508 e. The van der Waals surface area contributed by atoms with Crippen LogP contribution in [-0.2, 0) is 10.2 Å². The average molecular weight is 217 g/mol. The number of fused-ring (bicyclic) bond motifs is 2. The van der Waals surface area contributed by atoms with Crippen molar-refractivity contribution in [3.05, 3.63) is 29.8 Å². The van der Waals surface area contributed by atoms with Gasteiger partial charge in [0, 0.05) is 17.9 Å². The summed E-state index contributed by atoms with van der Waals surface area (Å²) in [5.41, 5.74) is 1.36. The maximum Gasteiger partial charge on any atom is 0.223 e. The second-order valence-electron chi connectivity index (χ2n) is 4.98. The van der Waals surface area contributed by atoms with Crippen molar-refractivity contribution >= 4 is 5.91 Å². The molecule has 2 atom stereocenters. The molecule has 3 nitrogen and oxygen atoms in total. The van der Waals surface area contributed by atoms with E-state index in [1.165, 1.54) is 5.56 Å². The molecule has 2 bridgehead atoms. The first-order valence-electron chi connectivity index (χ1n) is 5.77. The average Bonchev–Trinajstić information content (AvgIpc) is 2.66. The van der Waals surface area contributed by atoms with E-state index in [9.17, 15) is 9.90 Å². The number of phenols is 1. The molecular formula is C13H15NO2. The Morgan fingerprint density at radius 3 is 2.81 bits per heavy atom. The summed E-state index contributed by atoms with van der Waals surface area (Å²) < 4.78 is 0. The van der Waals surface area contributed by atoms with Gasteiger partial charge in [-0.25, -0.2) is 0 Å². The lowest BCUT2D eigenvalue weighted by Crippen LogP contribution is -2.45. The number of nitrogens with one attached hydrogen (secondary N) is 1. The molecule has 0 radical (unpaired) electrons. The Morgan fingerprint density at radius 1 is 1.31 bits per heavy atom. The van der Waals surface area contributed by atoms with E-state index in [-0.39, 0.29) is 17.2 Å². The fourth-order valence-electron chi connectivity index (χ4n) is 3.09. The van der Waals surface area contributed by atoms with Gasteiger partial charge in [-0.3, -0.25) is 4.79 Å². The van der Waals surface area contributed by atoms with Crippen molar-refractivity contribution < 1.29 is 9.90 Å². The highest BCUT2D eigenvalue weighted by atomic mass is 16.3. The maximum atomic E-state index is 11.5. The molecule has 1 saturated heterocycles. The van der Waals surface area contributed by atoms with Crippen molar-refractivity contribution in [2.45, 2.75) is 24.7 Å². The summed E-state index contributed by atoms with van der Waals surface area (Å²) in [7, 11) is 0. The third-order valence-electron chi connectivity index (χ3n) is 4.06. The van der Waals surface area contributed by atoms with Crippen LogP contribution in [0.5, 0.6) is 5.75 Å². The number of carbonyl (C=O) groups excluding carboxylic acids is 1. The lowest BCUT2D eigenvalue weighted by molar-refractivity contribution is -0.126. The molecule has 2 fully saturated rings. The summed E-state index contributed by atoms with van der Waals surface area (Å²) in [6.45, 7) is 0.743. The molecule has 0 spiro atoms. The van der Waals surface area contributed by atoms with Crippen LogP contribution in [0.2, 0.25) is 0 Å². The number of hydrogen-bond donors (Lipinski definition) is 2. The first-order valence-corrected chi connectivity index (χ1v) is 5.77. The lowest BCUT2D eigenvalue weighted by Gasteiger charge is -2.33. The molecular weight excluding hydrogens is 202 g/mol. The molecule has 2 aliphatic rings. The van der Waals surface area contributed by atoms with Gasteiger partial charge >= 0.3 is 0 Å². The fourth-order valence-corrected chi connectivity index (χ4v) is 3.09. The molecule has 2 unspecified atom stereocenters. The van der Waals surface area contributed by atoms with Gasteiger partial charge in [0.1, 0.15) is 5.75 Å². The number of hydrogen-bond acceptors (Lipinski definition) is 2. The zero-order valence-electron chi connectivity index (χ0n) is 9.07. The third-order valence-corrected chi connectivity index (χ3v) is 4.06. The molecule has 1 saturated carbocycles. The van der Waals surface area contributed by atoms with Crippen LogP contribution in [0.3, 0.4) is 0 Å². The predicted molar refractivity (Wildman–Crippen MR) is 60.1 cm³/mol. The summed E-state index contributed by atoms with van der Waals surface area (Å²) in [4.78, 5) is 11.5. The van der Waals surface area contributed by atoms with Gasteiger partial charge in [-0.15, -0.1) is 0 Å². The second-order valence-corrected chi connectivity index (χ2v) is 4.98. The molecule has 1 aromatic carbocycles. The second kappa shape index (κ2) is 3.24. The number of amides is 1. The zero-order chi connectivity index (χ0) is 11.2. The molecule has 1 aromatic rings. The minimum atomic E-state index is 0.117. The van der Waals surface area contributed by atoms with Crippen LogP contribution in [0.1, 0.15) is 24.8 Å². The van der Waals surface area contributed by atoms with Crippen LogP contribution in [0, 0.1) is 5.92 Å². The fraction of sp³-hybridized carbons (Fsp3) is 0.462. The standard InChI is InChI=1S/C13H15NO2/c15-11-3-1-10(2-4-11)13-6-5-9(7-13)12(16)14-8-13/h1-4,9,15H,5-8H2,(H,14,16). The molecule has 3 heteroatoms. The normalized spacial score (nSPS) is 32.5. The largest absolute Gasteiger partial charge is 0.508 e. The zero-order valence-corrected chi connectivity index (χ0v) is 9.07. The van der Waals surface area contributed by atoms with Crippen molar-refractivity contribution in [3.8, 4) is 5.75 Å². The number of aromatic hydroxyl groups is 1. The number of carbonyl (C=O) groups is 1. The van der Waals surface area contributed by atoms with E-state index in [0.29, 0.717) is 5.75 Å². The van der Waals surface area contributed by atoms with Crippen LogP contribution >= 0.6 is 0 Å². The quantitative estimate of drug-likeness (QED) is 0.750. The molecule has 0 aromatic heterocycles. The Balaban J connectivity index is 1.95. The van der Waals surface area contributed by atoms with Gasteiger partial charge in [-0.1, -0.05) is 12.1 Å². The van der Waals surface area contributed by atoms with Gasteiger partial charge in [-0.05, 0) is 37.0 Å². The van der Waals surface area contributed by atoms with Crippen molar-refractivity contribution in [1.29, 1.82) is 0 Å². The van der Waals surface area contributed by atoms with E-state index in [0.717, 1.165) is 25.8 Å². The van der Waals surface area contributed by atoms with Gasteiger partial charge in [-0.2, -0.15) is 0 Å². The highest BCUT2D eigenvalue weighted by Crippen LogP contribution is 2.46. The Morgan fingerprint density at radius 2 is 2.06 bits per heavy atom. The van der Waals surface area contributed by atoms with Gasteiger partial charge < -0.3 is 10.4 Å². The van der Waals surface area contributed by atoms with Gasteiger partial charge in [0.2, 0.25) is 5.91 Å². The topological polar surface area (TPSA) is 49.3 Å². The monoisotopic (exact) mass is 217 g/mol. The SMILES string of the molecule is O=C1NCC2(c3ccc(O)cc3)CCC1C2. The number of piperidine rings is 1. The van der Waals surface area contributed by atoms with E-state index in [1.54, 1.807) is 12.1 Å². The molecule has 2 N–H and O–H groups in total. The van der Waals surface area contributed by atoms with E-state index >= 15 is 0 Å². The number of phenolic OH excluding ortho intramolecular Hbond substituents is 1. The highest BCUT2D eigenvalue weighted by Gasteiger charge is 2.46. The van der Waals surface area contributed by atoms with Gasteiger partial charge in [0.05, 0.1) is 0 Å². The predicted octanol–water partition coefficient (Wildman–Crippen LogP) is 1.56. The summed E-state index contributed by atoms with van der Waals surface area (Å²) in [6.07, 6.45) is 3.03. The van der Waals surface area contributed by atoms with Crippen molar-refractivity contribution in [1.82, 2.24) is 5.32 Å².